The minimum absolute atomic E-state index is 0.586. The van der Waals surface area contributed by atoms with Crippen molar-refractivity contribution in [1.29, 1.82) is 0 Å². The van der Waals surface area contributed by atoms with Gasteiger partial charge in [-0.2, -0.15) is 22.0 Å². The van der Waals surface area contributed by atoms with Crippen molar-refractivity contribution < 1.29 is 31.1 Å². The monoisotopic (exact) mass is 534 g/mol. The normalized spacial score (nSPS) is 27.6. The van der Waals surface area contributed by atoms with Gasteiger partial charge in [-0.1, -0.05) is 75.7 Å². The highest BCUT2D eigenvalue weighted by molar-refractivity contribution is 6.80. The number of unbranched alkanes of at least 4 members (excludes halogenated alkanes) is 1. The molecule has 0 bridgehead atoms. The largest absolute Gasteiger partial charge is 0.484 e. The van der Waals surface area contributed by atoms with Crippen LogP contribution in [0, 0.1) is 17.7 Å². The van der Waals surface area contributed by atoms with Gasteiger partial charge >= 0.3 is 12.1 Å². The second-order valence-corrected chi connectivity index (χ2v) is 16.5. The van der Waals surface area contributed by atoms with Crippen molar-refractivity contribution in [2.24, 2.45) is 11.8 Å². The summed E-state index contributed by atoms with van der Waals surface area (Å²) in [5.41, 5.74) is 1.66. The standard InChI is InChI=1S/C28H40F6OSi/c1-3-4-5-6-21-9-12-24(13-10-21)36(2)17-15-22(16-18-36)7-8-23-11-14-26(25(29)19-23)35-20-27(30,31)28(32,33)34/h3,11,14,19,21-22,24H,1,4-10,12-13,15-18,20H2,2H3. The number of alkyl halides is 5. The molecule has 3 rings (SSSR count). The predicted molar refractivity (Wildman–Crippen MR) is 135 cm³/mol. The molecule has 1 aliphatic carbocycles. The van der Waals surface area contributed by atoms with E-state index in [1.807, 2.05) is 6.08 Å². The summed E-state index contributed by atoms with van der Waals surface area (Å²) in [5.74, 6) is -5.02. The number of aryl methyl sites for hydroxylation is 1. The zero-order chi connectivity index (χ0) is 26.4. The van der Waals surface area contributed by atoms with E-state index in [9.17, 15) is 26.3 Å². The second-order valence-electron chi connectivity index (χ2n) is 11.3. The molecule has 0 N–H and O–H groups in total. The maximum atomic E-state index is 14.3. The van der Waals surface area contributed by atoms with Gasteiger partial charge in [0.1, 0.15) is 0 Å². The van der Waals surface area contributed by atoms with E-state index in [1.165, 1.54) is 69.5 Å². The molecule has 8 heteroatoms. The highest BCUT2D eigenvalue weighted by atomic mass is 28.3. The van der Waals surface area contributed by atoms with Crippen LogP contribution in [-0.2, 0) is 6.42 Å². The summed E-state index contributed by atoms with van der Waals surface area (Å²) in [5, 5.41) is 0. The molecule has 1 nitrogen and oxygen atoms in total. The molecular weight excluding hydrogens is 494 g/mol. The molecule has 1 aromatic carbocycles. The first-order valence-corrected chi connectivity index (χ1v) is 16.4. The third-order valence-corrected chi connectivity index (χ3v) is 14.2. The third-order valence-electron chi connectivity index (χ3n) is 8.76. The van der Waals surface area contributed by atoms with Gasteiger partial charge in [-0.25, -0.2) is 4.39 Å². The highest BCUT2D eigenvalue weighted by Gasteiger charge is 2.58. The minimum atomic E-state index is -5.73. The molecule has 1 heterocycles. The Morgan fingerprint density at radius 3 is 2.19 bits per heavy atom. The Hall–Kier alpha value is -1.44. The fourth-order valence-corrected chi connectivity index (χ4v) is 11.1. The fraction of sp³-hybridized carbons (Fsp3) is 0.714. The van der Waals surface area contributed by atoms with Crippen molar-refractivity contribution in [1.82, 2.24) is 0 Å². The lowest BCUT2D eigenvalue weighted by atomic mass is 9.85. The molecule has 0 spiro atoms. The first-order valence-electron chi connectivity index (χ1n) is 13.4. The third kappa shape index (κ3) is 7.78. The summed E-state index contributed by atoms with van der Waals surface area (Å²) >= 11 is 0. The predicted octanol–water partition coefficient (Wildman–Crippen LogP) is 9.74. The Balaban J connectivity index is 1.41. The van der Waals surface area contributed by atoms with Gasteiger partial charge in [-0.05, 0) is 60.8 Å². The lowest BCUT2D eigenvalue weighted by Gasteiger charge is -2.44. The molecule has 0 unspecified atom stereocenters. The summed E-state index contributed by atoms with van der Waals surface area (Å²) in [6.45, 7) is 4.48. The maximum absolute atomic E-state index is 14.3. The molecule has 1 aliphatic heterocycles. The Morgan fingerprint density at radius 2 is 1.61 bits per heavy atom. The van der Waals surface area contributed by atoms with Crippen LogP contribution in [0.3, 0.4) is 0 Å². The molecule has 1 saturated carbocycles. The van der Waals surface area contributed by atoms with Crippen molar-refractivity contribution in [3.8, 4) is 5.75 Å². The first-order chi connectivity index (χ1) is 16.9. The van der Waals surface area contributed by atoms with Crippen LogP contribution in [0.4, 0.5) is 26.3 Å². The highest BCUT2D eigenvalue weighted by Crippen LogP contribution is 2.48. The molecule has 1 aromatic rings. The first kappa shape index (κ1) is 29.1. The summed E-state index contributed by atoms with van der Waals surface area (Å²) in [6, 6.07) is 6.61. The van der Waals surface area contributed by atoms with Crippen molar-refractivity contribution in [2.75, 3.05) is 6.61 Å². The van der Waals surface area contributed by atoms with Crippen LogP contribution in [0.2, 0.25) is 24.2 Å². The van der Waals surface area contributed by atoms with Crippen molar-refractivity contribution >= 4 is 8.07 Å². The average Bonchev–Trinajstić information content (AvgIpc) is 2.83. The van der Waals surface area contributed by atoms with Crippen molar-refractivity contribution in [3.05, 3.63) is 42.2 Å². The van der Waals surface area contributed by atoms with E-state index in [0.29, 0.717) is 17.9 Å². The quantitative estimate of drug-likeness (QED) is 0.119. The second kappa shape index (κ2) is 12.4. The van der Waals surface area contributed by atoms with Crippen LogP contribution >= 0.6 is 0 Å². The molecule has 204 valence electrons. The lowest BCUT2D eigenvalue weighted by Crippen LogP contribution is -2.41. The summed E-state index contributed by atoms with van der Waals surface area (Å²) in [6.07, 6.45) is 9.62. The molecule has 2 fully saturated rings. The molecule has 0 aromatic heterocycles. The molecule has 1 saturated heterocycles. The maximum Gasteiger partial charge on any atom is 0.456 e. The Morgan fingerprint density at radius 1 is 0.972 bits per heavy atom. The number of halogens is 6. The van der Waals surface area contributed by atoms with Crippen LogP contribution < -0.4 is 4.74 Å². The van der Waals surface area contributed by atoms with Gasteiger partial charge in [-0.15, -0.1) is 6.58 Å². The number of benzene rings is 1. The lowest BCUT2D eigenvalue weighted by molar-refractivity contribution is -0.290. The van der Waals surface area contributed by atoms with Gasteiger partial charge in [-0.3, -0.25) is 0 Å². The molecule has 36 heavy (non-hydrogen) atoms. The summed E-state index contributed by atoms with van der Waals surface area (Å²) < 4.78 is 81.6. The van der Waals surface area contributed by atoms with Gasteiger partial charge in [0.05, 0.1) is 8.07 Å². The van der Waals surface area contributed by atoms with E-state index >= 15 is 0 Å². The molecule has 0 radical (unpaired) electrons. The van der Waals surface area contributed by atoms with Crippen molar-refractivity contribution in [3.63, 3.8) is 0 Å². The number of hydrogen-bond donors (Lipinski definition) is 0. The minimum Gasteiger partial charge on any atom is -0.484 e. The summed E-state index contributed by atoms with van der Waals surface area (Å²) in [4.78, 5) is 0. The van der Waals surface area contributed by atoms with Crippen LogP contribution in [0.1, 0.15) is 69.8 Å². The fourth-order valence-electron chi connectivity index (χ4n) is 6.17. The topological polar surface area (TPSA) is 9.23 Å². The number of rotatable bonds is 11. The molecule has 0 amide bonds. The van der Waals surface area contributed by atoms with Crippen molar-refractivity contribution in [2.45, 2.75) is 107 Å². The van der Waals surface area contributed by atoms with E-state index in [-0.39, 0.29) is 0 Å². The van der Waals surface area contributed by atoms with E-state index in [1.54, 1.807) is 6.07 Å². The van der Waals surface area contributed by atoms with E-state index < -0.39 is 38.3 Å². The zero-order valence-corrected chi connectivity index (χ0v) is 22.3. The number of hydrogen-bond acceptors (Lipinski definition) is 1. The summed E-state index contributed by atoms with van der Waals surface area (Å²) in [7, 11) is -1.24. The van der Waals surface area contributed by atoms with Gasteiger partial charge in [0.2, 0.25) is 0 Å². The van der Waals surface area contributed by atoms with Gasteiger partial charge in [0, 0.05) is 0 Å². The van der Waals surface area contributed by atoms with E-state index in [4.69, 9.17) is 0 Å². The zero-order valence-electron chi connectivity index (χ0n) is 21.3. The van der Waals surface area contributed by atoms with Gasteiger partial charge < -0.3 is 4.74 Å². The van der Waals surface area contributed by atoms with Gasteiger partial charge in [0.25, 0.3) is 0 Å². The van der Waals surface area contributed by atoms with Crippen LogP contribution in [-0.4, -0.2) is 26.8 Å². The van der Waals surface area contributed by atoms with Crippen LogP contribution in [0.5, 0.6) is 5.75 Å². The van der Waals surface area contributed by atoms with E-state index in [2.05, 4.69) is 17.9 Å². The SMILES string of the molecule is C=CCCCC1CCC([Si]2(C)CCC(CCc3ccc(OCC(F)(F)C(F)(F)F)c(F)c3)CC2)CC1. The average molecular weight is 535 g/mol. The van der Waals surface area contributed by atoms with E-state index in [0.717, 1.165) is 30.4 Å². The molecule has 2 aliphatic rings. The smallest absolute Gasteiger partial charge is 0.456 e. The number of ether oxygens (including phenoxy) is 1. The van der Waals surface area contributed by atoms with Crippen LogP contribution in [0.15, 0.2) is 30.9 Å². The van der Waals surface area contributed by atoms with Crippen LogP contribution in [0.25, 0.3) is 0 Å². The molecule has 0 atom stereocenters. The Labute approximate surface area is 212 Å². The Kier molecular flexibility index (Phi) is 10.0. The Bertz CT molecular complexity index is 839. The van der Waals surface area contributed by atoms with Gasteiger partial charge in [0.15, 0.2) is 18.2 Å². The molecular formula is C28H40F6OSi. The number of allylic oxidation sites excluding steroid dienone is 1.